The normalized spacial score (nSPS) is 19.1. The van der Waals surface area contributed by atoms with Crippen molar-refractivity contribution in [3.63, 3.8) is 0 Å². The molecule has 10 heteroatoms. The van der Waals surface area contributed by atoms with Gasteiger partial charge in [0, 0.05) is 44.2 Å². The lowest BCUT2D eigenvalue weighted by molar-refractivity contribution is -0.136. The van der Waals surface area contributed by atoms with Gasteiger partial charge in [-0.2, -0.15) is 0 Å². The van der Waals surface area contributed by atoms with Crippen LogP contribution in [0.5, 0.6) is 0 Å². The van der Waals surface area contributed by atoms with Crippen LogP contribution in [-0.4, -0.2) is 68.4 Å². The van der Waals surface area contributed by atoms with Crippen molar-refractivity contribution in [2.24, 2.45) is 5.92 Å². The van der Waals surface area contributed by atoms with Gasteiger partial charge in [0.2, 0.25) is 15.9 Å². The first kappa shape index (κ1) is 24.0. The van der Waals surface area contributed by atoms with Gasteiger partial charge in [0.15, 0.2) is 0 Å². The number of carbonyl (C=O) groups excluding carboxylic acids is 2. The molecule has 174 valence electrons. The van der Waals surface area contributed by atoms with Crippen LogP contribution < -0.4 is 10.0 Å². The lowest BCUT2D eigenvalue weighted by atomic mass is 9.98. The molecule has 31 heavy (non-hydrogen) atoms. The summed E-state index contributed by atoms with van der Waals surface area (Å²) in [6, 6.07) is 3.14. The number of piperidine rings is 2. The number of hydrogen-bond acceptors (Lipinski definition) is 5. The summed E-state index contributed by atoms with van der Waals surface area (Å²) in [6.45, 7) is 6.52. The second kappa shape index (κ2) is 10.8. The predicted octanol–water partition coefficient (Wildman–Crippen LogP) is 2.63. The van der Waals surface area contributed by atoms with E-state index < -0.39 is 10.0 Å². The Labute approximate surface area is 189 Å². The van der Waals surface area contributed by atoms with Crippen molar-refractivity contribution in [3.05, 3.63) is 17.5 Å². The molecule has 2 fully saturated rings. The summed E-state index contributed by atoms with van der Waals surface area (Å²) in [5.74, 6) is 0.339. The summed E-state index contributed by atoms with van der Waals surface area (Å²) < 4.78 is 27.8. The van der Waals surface area contributed by atoms with E-state index in [1.165, 1.54) is 11.3 Å². The van der Waals surface area contributed by atoms with Gasteiger partial charge < -0.3 is 15.1 Å². The summed E-state index contributed by atoms with van der Waals surface area (Å²) in [4.78, 5) is 28.9. The zero-order valence-corrected chi connectivity index (χ0v) is 20.0. The first-order valence-corrected chi connectivity index (χ1v) is 13.6. The zero-order chi connectivity index (χ0) is 22.4. The molecule has 0 aliphatic carbocycles. The van der Waals surface area contributed by atoms with Gasteiger partial charge in [-0.05, 0) is 50.0 Å². The molecule has 1 aromatic rings. The molecule has 0 unspecified atom stereocenters. The molecule has 0 bridgehead atoms. The molecule has 2 saturated heterocycles. The van der Waals surface area contributed by atoms with E-state index >= 15 is 0 Å². The number of urea groups is 1. The quantitative estimate of drug-likeness (QED) is 0.640. The van der Waals surface area contributed by atoms with E-state index in [4.69, 9.17) is 0 Å². The minimum atomic E-state index is -3.48. The molecule has 0 aromatic carbocycles. The average molecular weight is 471 g/mol. The van der Waals surface area contributed by atoms with E-state index in [-0.39, 0.29) is 29.9 Å². The molecular formula is C21H34N4O4S2. The van der Waals surface area contributed by atoms with Crippen LogP contribution in [0.25, 0.3) is 0 Å². The molecule has 3 amide bonds. The highest BCUT2D eigenvalue weighted by molar-refractivity contribution is 7.91. The molecular weight excluding hydrogens is 436 g/mol. The van der Waals surface area contributed by atoms with E-state index in [2.05, 4.69) is 23.9 Å². The maximum Gasteiger partial charge on any atom is 0.317 e. The number of sulfonamides is 1. The molecule has 3 heterocycles. The second-order valence-electron chi connectivity index (χ2n) is 8.38. The van der Waals surface area contributed by atoms with Crippen LogP contribution in [0, 0.1) is 5.92 Å². The third-order valence-electron chi connectivity index (χ3n) is 6.33. The van der Waals surface area contributed by atoms with Gasteiger partial charge in [-0.25, -0.2) is 17.9 Å². The number of likely N-dealkylation sites (tertiary alicyclic amines) is 2. The first-order chi connectivity index (χ1) is 14.8. The molecule has 2 aliphatic rings. The van der Waals surface area contributed by atoms with Crippen LogP contribution in [-0.2, 0) is 14.8 Å². The Kier molecular flexibility index (Phi) is 8.35. The van der Waals surface area contributed by atoms with Gasteiger partial charge >= 0.3 is 6.03 Å². The topological polar surface area (TPSA) is 98.8 Å². The Balaban J connectivity index is 1.40. The number of amides is 3. The Bertz CT molecular complexity index is 824. The molecule has 0 saturated carbocycles. The van der Waals surface area contributed by atoms with Crippen molar-refractivity contribution in [3.8, 4) is 0 Å². The fraction of sp³-hybridized carbons (Fsp3) is 0.714. The van der Waals surface area contributed by atoms with Crippen molar-refractivity contribution in [1.82, 2.24) is 19.8 Å². The molecule has 0 atom stereocenters. The van der Waals surface area contributed by atoms with Crippen molar-refractivity contribution in [2.75, 3.05) is 26.2 Å². The SMILES string of the molecule is CCC(CC)C(=O)N1CCC(NC(=O)N2CCC(NS(=O)(=O)c3cccs3)CC2)CC1. The minimum Gasteiger partial charge on any atom is -0.342 e. The molecule has 1 aromatic heterocycles. The second-order valence-corrected chi connectivity index (χ2v) is 11.3. The van der Waals surface area contributed by atoms with Gasteiger partial charge in [0.05, 0.1) is 0 Å². The summed E-state index contributed by atoms with van der Waals surface area (Å²) in [5.41, 5.74) is 0. The van der Waals surface area contributed by atoms with Gasteiger partial charge in [-0.3, -0.25) is 4.79 Å². The number of nitrogens with one attached hydrogen (secondary N) is 2. The Hall–Kier alpha value is -1.65. The summed E-state index contributed by atoms with van der Waals surface area (Å²) in [7, 11) is -3.48. The lowest BCUT2D eigenvalue weighted by Gasteiger charge is -2.36. The summed E-state index contributed by atoms with van der Waals surface area (Å²) in [5, 5.41) is 4.85. The largest absolute Gasteiger partial charge is 0.342 e. The number of hydrogen-bond donors (Lipinski definition) is 2. The van der Waals surface area contributed by atoms with Crippen LogP contribution in [0.1, 0.15) is 52.4 Å². The lowest BCUT2D eigenvalue weighted by Crippen LogP contribution is -2.53. The minimum absolute atomic E-state index is 0.0771. The number of rotatable bonds is 7. The maximum absolute atomic E-state index is 12.7. The fourth-order valence-corrected chi connectivity index (χ4v) is 6.62. The molecule has 2 aliphatic heterocycles. The molecule has 0 radical (unpaired) electrons. The fourth-order valence-electron chi connectivity index (χ4n) is 4.30. The highest BCUT2D eigenvalue weighted by Gasteiger charge is 2.30. The van der Waals surface area contributed by atoms with E-state index in [1.54, 1.807) is 22.4 Å². The van der Waals surface area contributed by atoms with Gasteiger partial charge in [-0.15, -0.1) is 11.3 Å². The van der Waals surface area contributed by atoms with E-state index in [1.807, 2.05) is 4.90 Å². The Morgan fingerprint density at radius 3 is 2.16 bits per heavy atom. The average Bonchev–Trinajstić information content (AvgIpc) is 3.31. The molecule has 2 N–H and O–H groups in total. The van der Waals surface area contributed by atoms with Crippen LogP contribution in [0.4, 0.5) is 4.79 Å². The zero-order valence-electron chi connectivity index (χ0n) is 18.4. The van der Waals surface area contributed by atoms with E-state index in [9.17, 15) is 18.0 Å². The first-order valence-electron chi connectivity index (χ1n) is 11.2. The van der Waals surface area contributed by atoms with Crippen LogP contribution in [0.3, 0.4) is 0 Å². The standard InChI is InChI=1S/C21H34N4O4S2/c1-3-16(4-2)20(26)24-11-7-17(8-12-24)22-21(27)25-13-9-18(10-14-25)23-31(28,29)19-6-5-15-30-19/h5-6,15-18,23H,3-4,7-14H2,1-2H3,(H,22,27). The van der Waals surface area contributed by atoms with Gasteiger partial charge in [0.1, 0.15) is 4.21 Å². The van der Waals surface area contributed by atoms with Crippen LogP contribution in [0.15, 0.2) is 21.7 Å². The maximum atomic E-state index is 12.7. The van der Waals surface area contributed by atoms with Gasteiger partial charge in [-0.1, -0.05) is 19.9 Å². The van der Waals surface area contributed by atoms with Crippen molar-refractivity contribution < 1.29 is 18.0 Å². The third-order valence-corrected chi connectivity index (χ3v) is 9.25. The van der Waals surface area contributed by atoms with Crippen molar-refractivity contribution in [2.45, 2.75) is 68.7 Å². The molecule has 8 nitrogen and oxygen atoms in total. The van der Waals surface area contributed by atoms with Crippen LogP contribution >= 0.6 is 11.3 Å². The Morgan fingerprint density at radius 1 is 1.03 bits per heavy atom. The summed E-state index contributed by atoms with van der Waals surface area (Å²) >= 11 is 1.20. The van der Waals surface area contributed by atoms with Crippen molar-refractivity contribution >= 4 is 33.3 Å². The number of thiophene rings is 1. The van der Waals surface area contributed by atoms with Gasteiger partial charge in [0.25, 0.3) is 0 Å². The molecule has 0 spiro atoms. The Morgan fingerprint density at radius 2 is 1.61 bits per heavy atom. The molecule has 3 rings (SSSR count). The van der Waals surface area contributed by atoms with E-state index in [0.29, 0.717) is 43.2 Å². The van der Waals surface area contributed by atoms with Crippen LogP contribution in [0.2, 0.25) is 0 Å². The monoisotopic (exact) mass is 470 g/mol. The predicted molar refractivity (Wildman–Crippen MR) is 121 cm³/mol. The number of nitrogens with zero attached hydrogens (tertiary/aromatic N) is 2. The third kappa shape index (κ3) is 6.20. The number of carbonyl (C=O) groups is 2. The smallest absolute Gasteiger partial charge is 0.317 e. The summed E-state index contributed by atoms with van der Waals surface area (Å²) in [6.07, 6.45) is 4.47. The highest BCUT2D eigenvalue weighted by atomic mass is 32.2. The van der Waals surface area contributed by atoms with Crippen molar-refractivity contribution in [1.29, 1.82) is 0 Å². The van der Waals surface area contributed by atoms with E-state index in [0.717, 1.165) is 25.7 Å². The highest BCUT2D eigenvalue weighted by Crippen LogP contribution is 2.20.